The third kappa shape index (κ3) is 4.51. The molecule has 1 saturated heterocycles. The summed E-state index contributed by atoms with van der Waals surface area (Å²) in [6, 6.07) is 7.85. The van der Waals surface area contributed by atoms with E-state index in [0.717, 1.165) is 25.2 Å². The second kappa shape index (κ2) is 6.92. The first-order valence-corrected chi connectivity index (χ1v) is 7.28. The molecule has 0 aromatic heterocycles. The summed E-state index contributed by atoms with van der Waals surface area (Å²) in [6.45, 7) is 5.22. The van der Waals surface area contributed by atoms with Crippen LogP contribution in [-0.4, -0.2) is 36.5 Å². The fourth-order valence-electron chi connectivity index (χ4n) is 2.42. The average molecular weight is 281 g/mol. The van der Waals surface area contributed by atoms with E-state index in [4.69, 9.17) is 11.6 Å². The van der Waals surface area contributed by atoms with Crippen LogP contribution in [0, 0.1) is 0 Å². The van der Waals surface area contributed by atoms with Crippen molar-refractivity contribution in [2.75, 3.05) is 19.6 Å². The molecule has 0 bridgehead atoms. The number of halogens is 1. The zero-order valence-corrected chi connectivity index (χ0v) is 12.1. The summed E-state index contributed by atoms with van der Waals surface area (Å²) in [5.41, 5.74) is 0.996. The molecule has 3 nitrogen and oxygen atoms in total. The molecule has 2 rings (SSSR count). The second-order valence-corrected chi connectivity index (χ2v) is 5.64. The minimum Gasteiger partial charge on any atom is -0.354 e. The third-order valence-corrected chi connectivity index (χ3v) is 3.89. The monoisotopic (exact) mass is 280 g/mol. The van der Waals surface area contributed by atoms with Gasteiger partial charge in [-0.3, -0.25) is 9.69 Å². The van der Waals surface area contributed by atoms with Gasteiger partial charge in [0.15, 0.2) is 0 Å². The fraction of sp³-hybridized carbons (Fsp3) is 0.533. The van der Waals surface area contributed by atoms with Gasteiger partial charge in [-0.1, -0.05) is 23.7 Å². The molecule has 1 N–H and O–H groups in total. The molecule has 1 aliphatic heterocycles. The van der Waals surface area contributed by atoms with Crippen LogP contribution in [0.5, 0.6) is 0 Å². The van der Waals surface area contributed by atoms with Gasteiger partial charge in [-0.25, -0.2) is 0 Å². The number of hydrogen-bond acceptors (Lipinski definition) is 2. The van der Waals surface area contributed by atoms with E-state index in [9.17, 15) is 4.79 Å². The van der Waals surface area contributed by atoms with Crippen molar-refractivity contribution in [3.8, 4) is 0 Å². The predicted molar refractivity (Wildman–Crippen MR) is 78.4 cm³/mol. The molecule has 0 spiro atoms. The van der Waals surface area contributed by atoms with Crippen molar-refractivity contribution in [3.63, 3.8) is 0 Å². The molecule has 1 fully saturated rings. The quantitative estimate of drug-likeness (QED) is 0.899. The molecule has 0 radical (unpaired) electrons. The van der Waals surface area contributed by atoms with Gasteiger partial charge in [-0.2, -0.15) is 0 Å². The standard InChI is InChI=1S/C15H21ClN2O/c1-12(18-8-2-3-9-18)11-17-15(19)10-13-4-6-14(16)7-5-13/h4-7,12H,2-3,8-11H2,1H3,(H,17,19)/t12-/m1/s1. The van der Waals surface area contributed by atoms with Crippen LogP contribution >= 0.6 is 11.6 Å². The van der Waals surface area contributed by atoms with Gasteiger partial charge in [-0.15, -0.1) is 0 Å². The van der Waals surface area contributed by atoms with Gasteiger partial charge in [0.05, 0.1) is 6.42 Å². The van der Waals surface area contributed by atoms with Crippen LogP contribution in [0.25, 0.3) is 0 Å². The highest BCUT2D eigenvalue weighted by atomic mass is 35.5. The number of nitrogens with zero attached hydrogens (tertiary/aromatic N) is 1. The maximum Gasteiger partial charge on any atom is 0.224 e. The number of hydrogen-bond donors (Lipinski definition) is 1. The Morgan fingerprint density at radius 3 is 2.58 bits per heavy atom. The van der Waals surface area contributed by atoms with Crippen LogP contribution in [0.3, 0.4) is 0 Å². The molecular formula is C15H21ClN2O. The van der Waals surface area contributed by atoms with Crippen molar-refractivity contribution < 1.29 is 4.79 Å². The lowest BCUT2D eigenvalue weighted by Crippen LogP contribution is -2.41. The van der Waals surface area contributed by atoms with E-state index >= 15 is 0 Å². The molecule has 1 aromatic rings. The molecule has 1 aliphatic rings. The van der Waals surface area contributed by atoms with Crippen LogP contribution in [0.2, 0.25) is 5.02 Å². The van der Waals surface area contributed by atoms with Gasteiger partial charge in [0.2, 0.25) is 5.91 Å². The van der Waals surface area contributed by atoms with Crippen LogP contribution in [0.4, 0.5) is 0 Å². The maximum atomic E-state index is 11.9. The van der Waals surface area contributed by atoms with Crippen LogP contribution in [-0.2, 0) is 11.2 Å². The lowest BCUT2D eigenvalue weighted by Gasteiger charge is -2.23. The largest absolute Gasteiger partial charge is 0.354 e. The lowest BCUT2D eigenvalue weighted by molar-refractivity contribution is -0.120. The number of benzene rings is 1. The maximum absolute atomic E-state index is 11.9. The normalized spacial score (nSPS) is 17.4. The zero-order chi connectivity index (χ0) is 13.7. The van der Waals surface area contributed by atoms with Gasteiger partial charge in [0.1, 0.15) is 0 Å². The molecule has 104 valence electrons. The SMILES string of the molecule is C[C@H](CNC(=O)Cc1ccc(Cl)cc1)N1CCCC1. The molecule has 1 atom stereocenters. The number of carbonyl (C=O) groups excluding carboxylic acids is 1. The number of carbonyl (C=O) groups is 1. The molecule has 0 saturated carbocycles. The molecule has 19 heavy (non-hydrogen) atoms. The first kappa shape index (κ1) is 14.4. The number of likely N-dealkylation sites (tertiary alicyclic amines) is 1. The van der Waals surface area contributed by atoms with E-state index in [-0.39, 0.29) is 5.91 Å². The Kier molecular flexibility index (Phi) is 5.23. The summed E-state index contributed by atoms with van der Waals surface area (Å²) >= 11 is 5.82. The molecule has 1 heterocycles. The first-order chi connectivity index (χ1) is 9.15. The predicted octanol–water partition coefficient (Wildman–Crippen LogP) is 2.48. The van der Waals surface area contributed by atoms with Crippen LogP contribution < -0.4 is 5.32 Å². The summed E-state index contributed by atoms with van der Waals surface area (Å²) in [7, 11) is 0. The van der Waals surface area contributed by atoms with Crippen molar-refractivity contribution >= 4 is 17.5 Å². The van der Waals surface area contributed by atoms with E-state index < -0.39 is 0 Å². The number of rotatable bonds is 5. The highest BCUT2D eigenvalue weighted by molar-refractivity contribution is 6.30. The molecule has 0 unspecified atom stereocenters. The van der Waals surface area contributed by atoms with Gasteiger partial charge < -0.3 is 5.32 Å². The van der Waals surface area contributed by atoms with Gasteiger partial charge in [0.25, 0.3) is 0 Å². The van der Waals surface area contributed by atoms with Crippen LogP contribution in [0.1, 0.15) is 25.3 Å². The lowest BCUT2D eigenvalue weighted by atomic mass is 10.1. The van der Waals surface area contributed by atoms with Crippen LogP contribution in [0.15, 0.2) is 24.3 Å². The average Bonchev–Trinajstić information content (AvgIpc) is 2.93. The smallest absolute Gasteiger partial charge is 0.224 e. The topological polar surface area (TPSA) is 32.3 Å². The Labute approximate surface area is 119 Å². The van der Waals surface area contributed by atoms with Crippen molar-refractivity contribution in [3.05, 3.63) is 34.9 Å². The van der Waals surface area contributed by atoms with Crippen molar-refractivity contribution in [2.24, 2.45) is 0 Å². The molecule has 4 heteroatoms. The van der Waals surface area contributed by atoms with E-state index in [1.165, 1.54) is 12.8 Å². The molecule has 1 aromatic carbocycles. The Hall–Kier alpha value is -1.06. The second-order valence-electron chi connectivity index (χ2n) is 5.20. The van der Waals surface area contributed by atoms with Crippen molar-refractivity contribution in [1.29, 1.82) is 0 Å². The summed E-state index contributed by atoms with van der Waals surface area (Å²) in [5.74, 6) is 0.0772. The Morgan fingerprint density at radius 2 is 1.95 bits per heavy atom. The van der Waals surface area contributed by atoms with Crippen molar-refractivity contribution in [1.82, 2.24) is 10.2 Å². The Balaban J connectivity index is 1.73. The van der Waals surface area contributed by atoms with Crippen molar-refractivity contribution in [2.45, 2.75) is 32.2 Å². The number of amides is 1. The first-order valence-electron chi connectivity index (χ1n) is 6.90. The molecule has 0 aliphatic carbocycles. The van der Waals surface area contributed by atoms with Gasteiger partial charge in [-0.05, 0) is 50.6 Å². The molecule has 1 amide bonds. The van der Waals surface area contributed by atoms with E-state index in [1.807, 2.05) is 24.3 Å². The van der Waals surface area contributed by atoms with Gasteiger partial charge in [0, 0.05) is 17.6 Å². The summed E-state index contributed by atoms with van der Waals surface area (Å²) in [5, 5.41) is 3.71. The minimum atomic E-state index is 0.0772. The highest BCUT2D eigenvalue weighted by Gasteiger charge is 2.18. The Morgan fingerprint density at radius 1 is 1.32 bits per heavy atom. The Bertz CT molecular complexity index is 413. The highest BCUT2D eigenvalue weighted by Crippen LogP contribution is 2.11. The van der Waals surface area contributed by atoms with Gasteiger partial charge >= 0.3 is 0 Å². The minimum absolute atomic E-state index is 0.0772. The zero-order valence-electron chi connectivity index (χ0n) is 11.4. The third-order valence-electron chi connectivity index (χ3n) is 3.64. The van der Waals surface area contributed by atoms with E-state index in [0.29, 0.717) is 17.5 Å². The van der Waals surface area contributed by atoms with E-state index in [2.05, 4.69) is 17.1 Å². The fourth-order valence-corrected chi connectivity index (χ4v) is 2.55. The summed E-state index contributed by atoms with van der Waals surface area (Å²) < 4.78 is 0. The number of nitrogens with one attached hydrogen (secondary N) is 1. The van der Waals surface area contributed by atoms with E-state index in [1.54, 1.807) is 0 Å². The summed E-state index contributed by atoms with van der Waals surface area (Å²) in [4.78, 5) is 14.3. The molecular weight excluding hydrogens is 260 g/mol. The summed E-state index contributed by atoms with van der Waals surface area (Å²) in [6.07, 6.45) is 2.98.